The molecule has 0 saturated carbocycles. The third-order valence-corrected chi connectivity index (χ3v) is 7.20. The number of hydrogen-bond donors (Lipinski definition) is 0. The van der Waals surface area contributed by atoms with Gasteiger partial charge in [-0.15, -0.1) is 0 Å². The molecule has 0 N–H and O–H groups in total. The topological polar surface area (TPSA) is 47.6 Å². The SMILES string of the molecule is N#Cc1ccc(C=Cc2ccc(-c3ccc(C=Cc4ccc(C#N)cc4)c4ccccc34)c3ccccc23)cc1. The number of benzene rings is 6. The summed E-state index contributed by atoms with van der Waals surface area (Å²) in [6.45, 7) is 0. The minimum atomic E-state index is 0.662. The molecule has 6 aromatic rings. The average Bonchev–Trinajstić information content (AvgIpc) is 3.03. The first-order valence-corrected chi connectivity index (χ1v) is 13.1. The van der Waals surface area contributed by atoms with E-state index in [2.05, 4.69) is 109 Å². The van der Waals surface area contributed by atoms with Crippen molar-refractivity contribution in [3.8, 4) is 23.3 Å². The second kappa shape index (κ2) is 11.0. The highest BCUT2D eigenvalue weighted by Gasteiger charge is 2.11. The van der Waals surface area contributed by atoms with Crippen molar-refractivity contribution in [3.05, 3.63) is 155 Å². The van der Waals surface area contributed by atoms with Crippen LogP contribution in [0.4, 0.5) is 0 Å². The molecule has 0 unspecified atom stereocenters. The highest BCUT2D eigenvalue weighted by atomic mass is 14.2. The zero-order chi connectivity index (χ0) is 27.3. The lowest BCUT2D eigenvalue weighted by Crippen LogP contribution is -1.88. The average molecular weight is 509 g/mol. The second-order valence-electron chi connectivity index (χ2n) is 9.63. The van der Waals surface area contributed by atoms with Crippen molar-refractivity contribution in [1.29, 1.82) is 10.5 Å². The van der Waals surface area contributed by atoms with Crippen LogP contribution < -0.4 is 0 Å². The van der Waals surface area contributed by atoms with Gasteiger partial charge in [0.05, 0.1) is 23.3 Å². The normalized spacial score (nSPS) is 11.2. The molecule has 0 radical (unpaired) electrons. The van der Waals surface area contributed by atoms with Crippen molar-refractivity contribution >= 4 is 45.8 Å². The summed E-state index contributed by atoms with van der Waals surface area (Å²) in [5.74, 6) is 0. The first kappa shape index (κ1) is 24.6. The highest BCUT2D eigenvalue weighted by Crippen LogP contribution is 2.37. The molecule has 0 saturated heterocycles. The molecule has 0 aliphatic rings. The molecule has 2 nitrogen and oxygen atoms in total. The summed E-state index contributed by atoms with van der Waals surface area (Å²) in [6, 6.07) is 45.5. The summed E-state index contributed by atoms with van der Waals surface area (Å²) >= 11 is 0. The van der Waals surface area contributed by atoms with Crippen molar-refractivity contribution in [3.63, 3.8) is 0 Å². The number of hydrogen-bond acceptors (Lipinski definition) is 2. The van der Waals surface area contributed by atoms with Crippen molar-refractivity contribution in [2.75, 3.05) is 0 Å². The zero-order valence-electron chi connectivity index (χ0n) is 21.8. The molecule has 2 heteroatoms. The first-order chi connectivity index (χ1) is 19.7. The van der Waals surface area contributed by atoms with Gasteiger partial charge in [0.25, 0.3) is 0 Å². The Kier molecular flexibility index (Phi) is 6.75. The van der Waals surface area contributed by atoms with Gasteiger partial charge in [0, 0.05) is 0 Å². The van der Waals surface area contributed by atoms with E-state index in [9.17, 15) is 0 Å². The zero-order valence-corrected chi connectivity index (χ0v) is 21.8. The van der Waals surface area contributed by atoms with Gasteiger partial charge in [0.2, 0.25) is 0 Å². The first-order valence-electron chi connectivity index (χ1n) is 13.1. The fourth-order valence-electron chi connectivity index (χ4n) is 5.11. The summed E-state index contributed by atoms with van der Waals surface area (Å²) in [4.78, 5) is 0. The molecule has 0 amide bonds. The van der Waals surface area contributed by atoms with Crippen LogP contribution in [0.25, 0.3) is 57.0 Å². The number of nitriles is 2. The van der Waals surface area contributed by atoms with Crippen LogP contribution in [0.1, 0.15) is 33.4 Å². The monoisotopic (exact) mass is 508 g/mol. The number of fused-ring (bicyclic) bond motifs is 2. The lowest BCUT2D eigenvalue weighted by molar-refractivity contribution is 1.48. The van der Waals surface area contributed by atoms with Gasteiger partial charge in [0.1, 0.15) is 0 Å². The Labute approximate surface area is 234 Å². The third-order valence-electron chi connectivity index (χ3n) is 7.20. The molecular formula is C38H24N2. The van der Waals surface area contributed by atoms with Crippen LogP contribution in [-0.2, 0) is 0 Å². The van der Waals surface area contributed by atoms with Gasteiger partial charge in [-0.05, 0) is 79.2 Å². The number of nitrogens with zero attached hydrogens (tertiary/aromatic N) is 2. The Balaban J connectivity index is 1.40. The lowest BCUT2D eigenvalue weighted by Gasteiger charge is -2.14. The molecule has 0 bridgehead atoms. The predicted molar refractivity (Wildman–Crippen MR) is 167 cm³/mol. The Morgan fingerprint density at radius 2 is 0.750 bits per heavy atom. The van der Waals surface area contributed by atoms with E-state index < -0.39 is 0 Å². The maximum absolute atomic E-state index is 9.07. The Morgan fingerprint density at radius 3 is 1.12 bits per heavy atom. The molecule has 186 valence electrons. The number of rotatable bonds is 5. The quantitative estimate of drug-likeness (QED) is 0.218. The molecule has 6 rings (SSSR count). The van der Waals surface area contributed by atoms with Crippen LogP contribution in [0, 0.1) is 22.7 Å². The van der Waals surface area contributed by atoms with Crippen molar-refractivity contribution in [1.82, 2.24) is 0 Å². The molecule has 40 heavy (non-hydrogen) atoms. The fraction of sp³-hybridized carbons (Fsp3) is 0. The smallest absolute Gasteiger partial charge is 0.0991 e. The predicted octanol–water partition coefficient (Wildman–Crippen LogP) is 9.74. The van der Waals surface area contributed by atoms with Crippen LogP contribution in [0.5, 0.6) is 0 Å². The third kappa shape index (κ3) is 4.91. The minimum absolute atomic E-state index is 0.662. The van der Waals surface area contributed by atoms with Crippen LogP contribution >= 0.6 is 0 Å². The van der Waals surface area contributed by atoms with Crippen LogP contribution in [-0.4, -0.2) is 0 Å². The van der Waals surface area contributed by atoms with Crippen LogP contribution in [0.15, 0.2) is 121 Å². The standard InChI is InChI=1S/C38H24N2/c39-25-29-13-9-27(10-14-29)17-19-31-21-23-37(35-7-3-1-5-33(31)35)38-24-22-32(34-6-2-4-8-36(34)38)20-18-28-11-15-30(26-40)16-12-28/h1-24H. The summed E-state index contributed by atoms with van der Waals surface area (Å²) in [5, 5.41) is 22.9. The van der Waals surface area contributed by atoms with E-state index in [0.29, 0.717) is 11.1 Å². The van der Waals surface area contributed by atoms with Crippen molar-refractivity contribution in [2.24, 2.45) is 0 Å². The molecule has 0 heterocycles. The van der Waals surface area contributed by atoms with Gasteiger partial charge in [0.15, 0.2) is 0 Å². The molecule has 0 aromatic heterocycles. The van der Waals surface area contributed by atoms with Crippen LogP contribution in [0.3, 0.4) is 0 Å². The maximum Gasteiger partial charge on any atom is 0.0991 e. The van der Waals surface area contributed by atoms with E-state index in [4.69, 9.17) is 10.5 Å². The molecule has 0 fully saturated rings. The van der Waals surface area contributed by atoms with E-state index in [0.717, 1.165) is 22.3 Å². The molecule has 6 aromatic carbocycles. The van der Waals surface area contributed by atoms with Crippen LogP contribution in [0.2, 0.25) is 0 Å². The maximum atomic E-state index is 9.07. The van der Waals surface area contributed by atoms with E-state index >= 15 is 0 Å². The summed E-state index contributed by atoms with van der Waals surface area (Å²) < 4.78 is 0. The molecule has 0 atom stereocenters. The van der Waals surface area contributed by atoms with E-state index in [1.807, 2.05) is 48.5 Å². The molecule has 0 spiro atoms. The Hall–Kier alpha value is -5.70. The largest absolute Gasteiger partial charge is 0.192 e. The van der Waals surface area contributed by atoms with Gasteiger partial charge in [-0.25, -0.2) is 0 Å². The summed E-state index contributed by atoms with van der Waals surface area (Å²) in [7, 11) is 0. The summed E-state index contributed by atoms with van der Waals surface area (Å²) in [6.07, 6.45) is 8.46. The summed E-state index contributed by atoms with van der Waals surface area (Å²) in [5.41, 5.74) is 8.13. The fourth-order valence-corrected chi connectivity index (χ4v) is 5.11. The van der Waals surface area contributed by atoms with E-state index in [1.54, 1.807) is 0 Å². The molecule has 0 aliphatic carbocycles. The molecule has 0 aliphatic heterocycles. The Bertz CT molecular complexity index is 1850. The molecular weight excluding hydrogens is 484 g/mol. The second-order valence-corrected chi connectivity index (χ2v) is 9.63. The van der Waals surface area contributed by atoms with E-state index in [1.165, 1.54) is 32.7 Å². The van der Waals surface area contributed by atoms with Gasteiger partial charge < -0.3 is 0 Å². The van der Waals surface area contributed by atoms with Gasteiger partial charge in [-0.2, -0.15) is 10.5 Å². The van der Waals surface area contributed by atoms with Crippen molar-refractivity contribution < 1.29 is 0 Å². The minimum Gasteiger partial charge on any atom is -0.192 e. The Morgan fingerprint density at radius 1 is 0.375 bits per heavy atom. The van der Waals surface area contributed by atoms with Gasteiger partial charge in [-0.1, -0.05) is 121 Å². The van der Waals surface area contributed by atoms with Gasteiger partial charge >= 0.3 is 0 Å². The lowest BCUT2D eigenvalue weighted by atomic mass is 9.90. The van der Waals surface area contributed by atoms with Gasteiger partial charge in [-0.3, -0.25) is 0 Å². The highest BCUT2D eigenvalue weighted by molar-refractivity contribution is 6.09. The van der Waals surface area contributed by atoms with E-state index in [-0.39, 0.29) is 0 Å². The van der Waals surface area contributed by atoms with Crippen molar-refractivity contribution in [2.45, 2.75) is 0 Å².